The summed E-state index contributed by atoms with van der Waals surface area (Å²) in [5, 5.41) is 20.8. The fraction of sp³-hybridized carbons (Fsp3) is 0.333. The van der Waals surface area contributed by atoms with Gasteiger partial charge in [-0.2, -0.15) is 0 Å². The molecule has 0 atom stereocenters. The Morgan fingerprint density at radius 2 is 1.88 bits per heavy atom. The van der Waals surface area contributed by atoms with E-state index in [1.165, 1.54) is 12.1 Å². The van der Waals surface area contributed by atoms with E-state index in [4.69, 9.17) is 10.2 Å². The molecule has 17 heavy (non-hydrogen) atoms. The van der Waals surface area contributed by atoms with E-state index in [0.29, 0.717) is 18.2 Å². The van der Waals surface area contributed by atoms with Gasteiger partial charge >= 0.3 is 11.9 Å². The molecule has 0 heterocycles. The van der Waals surface area contributed by atoms with Gasteiger partial charge < -0.3 is 15.5 Å². The molecule has 0 radical (unpaired) electrons. The van der Waals surface area contributed by atoms with Crippen molar-refractivity contribution in [2.24, 2.45) is 5.92 Å². The summed E-state index contributed by atoms with van der Waals surface area (Å²) in [5.41, 5.74) is 0.388. The second-order valence-electron chi connectivity index (χ2n) is 4.15. The molecule has 0 unspecified atom stereocenters. The number of benzene rings is 1. The molecule has 1 aromatic carbocycles. The van der Waals surface area contributed by atoms with Gasteiger partial charge in [-0.15, -0.1) is 0 Å². The molecule has 0 spiro atoms. The highest BCUT2D eigenvalue weighted by molar-refractivity contribution is 5.98. The number of nitrogens with one attached hydrogen (secondary N) is 1. The van der Waals surface area contributed by atoms with Gasteiger partial charge in [0.05, 0.1) is 11.1 Å². The monoisotopic (exact) mass is 237 g/mol. The smallest absolute Gasteiger partial charge is 0.337 e. The lowest BCUT2D eigenvalue weighted by atomic mass is 10.1. The fourth-order valence-electron chi connectivity index (χ4n) is 1.32. The van der Waals surface area contributed by atoms with Gasteiger partial charge in [-0.3, -0.25) is 0 Å². The summed E-state index contributed by atoms with van der Waals surface area (Å²) in [5.74, 6) is -1.90. The highest BCUT2D eigenvalue weighted by atomic mass is 16.4. The lowest BCUT2D eigenvalue weighted by Crippen LogP contribution is -2.12. The van der Waals surface area contributed by atoms with Crippen LogP contribution in [0.3, 0.4) is 0 Å². The van der Waals surface area contributed by atoms with Gasteiger partial charge in [0, 0.05) is 12.2 Å². The lowest BCUT2D eigenvalue weighted by molar-refractivity contribution is 0.0696. The topological polar surface area (TPSA) is 86.6 Å². The van der Waals surface area contributed by atoms with Crippen LogP contribution in [0.4, 0.5) is 5.69 Å². The minimum absolute atomic E-state index is 0.0226. The molecule has 0 aliphatic carbocycles. The third-order valence-electron chi connectivity index (χ3n) is 2.20. The van der Waals surface area contributed by atoms with Crippen LogP contribution in [0, 0.1) is 5.92 Å². The van der Waals surface area contributed by atoms with Crippen LogP contribution in [0.1, 0.15) is 34.6 Å². The van der Waals surface area contributed by atoms with Gasteiger partial charge in [-0.1, -0.05) is 13.8 Å². The number of hydrogen-bond donors (Lipinski definition) is 3. The van der Waals surface area contributed by atoms with Crippen molar-refractivity contribution in [3.8, 4) is 0 Å². The molecule has 0 aliphatic rings. The second-order valence-corrected chi connectivity index (χ2v) is 4.15. The van der Waals surface area contributed by atoms with Crippen molar-refractivity contribution in [3.05, 3.63) is 29.3 Å². The molecule has 0 saturated carbocycles. The van der Waals surface area contributed by atoms with Crippen molar-refractivity contribution in [1.29, 1.82) is 0 Å². The van der Waals surface area contributed by atoms with Gasteiger partial charge in [0.2, 0.25) is 0 Å². The number of rotatable bonds is 5. The quantitative estimate of drug-likeness (QED) is 0.730. The Morgan fingerprint density at radius 3 is 2.35 bits per heavy atom. The van der Waals surface area contributed by atoms with Crippen LogP contribution in [-0.2, 0) is 0 Å². The third kappa shape index (κ3) is 3.48. The summed E-state index contributed by atoms with van der Waals surface area (Å²) >= 11 is 0. The zero-order chi connectivity index (χ0) is 13.0. The van der Waals surface area contributed by atoms with Crippen molar-refractivity contribution >= 4 is 17.6 Å². The van der Waals surface area contributed by atoms with Crippen LogP contribution in [0.15, 0.2) is 18.2 Å². The summed E-state index contributed by atoms with van der Waals surface area (Å²) in [6.07, 6.45) is 0. The molecule has 5 nitrogen and oxygen atoms in total. The summed E-state index contributed by atoms with van der Waals surface area (Å²) < 4.78 is 0. The zero-order valence-corrected chi connectivity index (χ0v) is 9.73. The maximum absolute atomic E-state index is 11.0. The largest absolute Gasteiger partial charge is 0.478 e. The minimum Gasteiger partial charge on any atom is -0.478 e. The van der Waals surface area contributed by atoms with E-state index >= 15 is 0 Å². The normalized spacial score (nSPS) is 10.3. The average molecular weight is 237 g/mol. The average Bonchev–Trinajstić information content (AvgIpc) is 2.25. The Bertz CT molecular complexity index is 440. The van der Waals surface area contributed by atoms with Gasteiger partial charge in [0.15, 0.2) is 0 Å². The van der Waals surface area contributed by atoms with Gasteiger partial charge in [0.25, 0.3) is 0 Å². The molecule has 0 fully saturated rings. The van der Waals surface area contributed by atoms with Crippen molar-refractivity contribution in [1.82, 2.24) is 0 Å². The predicted molar refractivity (Wildman–Crippen MR) is 63.7 cm³/mol. The van der Waals surface area contributed by atoms with E-state index in [-0.39, 0.29) is 11.1 Å². The van der Waals surface area contributed by atoms with E-state index in [1.807, 2.05) is 13.8 Å². The van der Waals surface area contributed by atoms with Crippen LogP contribution in [0.2, 0.25) is 0 Å². The van der Waals surface area contributed by atoms with Crippen LogP contribution in [-0.4, -0.2) is 28.7 Å². The molecule has 0 saturated heterocycles. The third-order valence-corrected chi connectivity index (χ3v) is 2.20. The maximum atomic E-state index is 11.0. The van der Waals surface area contributed by atoms with E-state index < -0.39 is 11.9 Å². The maximum Gasteiger partial charge on any atom is 0.337 e. The molecule has 0 bridgehead atoms. The Balaban J connectivity index is 3.04. The van der Waals surface area contributed by atoms with Crippen molar-refractivity contribution in [3.63, 3.8) is 0 Å². The van der Waals surface area contributed by atoms with Crippen molar-refractivity contribution in [2.75, 3.05) is 11.9 Å². The SMILES string of the molecule is CC(C)CNc1ccc(C(=O)O)cc1C(=O)O. The van der Waals surface area contributed by atoms with Crippen LogP contribution in [0.25, 0.3) is 0 Å². The second kappa shape index (κ2) is 5.34. The van der Waals surface area contributed by atoms with E-state index in [0.717, 1.165) is 6.07 Å². The molecule has 0 aromatic heterocycles. The minimum atomic E-state index is -1.14. The standard InChI is InChI=1S/C12H15NO4/c1-7(2)6-13-10-4-3-8(11(14)15)5-9(10)12(16)17/h3-5,7,13H,6H2,1-2H3,(H,14,15)(H,16,17). The van der Waals surface area contributed by atoms with Gasteiger partial charge in [-0.05, 0) is 24.1 Å². The first-order chi connectivity index (χ1) is 7.91. The van der Waals surface area contributed by atoms with Gasteiger partial charge in [-0.25, -0.2) is 9.59 Å². The molecule has 1 rings (SSSR count). The summed E-state index contributed by atoms with van der Waals surface area (Å²) in [7, 11) is 0. The fourth-order valence-corrected chi connectivity index (χ4v) is 1.32. The first-order valence-corrected chi connectivity index (χ1v) is 5.26. The van der Waals surface area contributed by atoms with E-state index in [9.17, 15) is 9.59 Å². The number of anilines is 1. The molecular weight excluding hydrogens is 222 g/mol. The molecule has 5 heteroatoms. The van der Waals surface area contributed by atoms with Crippen LogP contribution < -0.4 is 5.32 Å². The van der Waals surface area contributed by atoms with Crippen LogP contribution >= 0.6 is 0 Å². The van der Waals surface area contributed by atoms with Crippen LogP contribution in [0.5, 0.6) is 0 Å². The first kappa shape index (κ1) is 13.0. The Hall–Kier alpha value is -2.04. The molecule has 3 N–H and O–H groups in total. The Labute approximate surface area is 99.1 Å². The first-order valence-electron chi connectivity index (χ1n) is 5.26. The highest BCUT2D eigenvalue weighted by Crippen LogP contribution is 2.18. The predicted octanol–water partition coefficient (Wildman–Crippen LogP) is 2.15. The number of carbonyl (C=O) groups is 2. The van der Waals surface area contributed by atoms with E-state index in [2.05, 4.69) is 5.32 Å². The van der Waals surface area contributed by atoms with Crippen molar-refractivity contribution in [2.45, 2.75) is 13.8 Å². The summed E-state index contributed by atoms with van der Waals surface area (Å²) in [6.45, 7) is 4.63. The molecule has 92 valence electrons. The molecule has 0 amide bonds. The number of hydrogen-bond acceptors (Lipinski definition) is 3. The number of carboxylic acid groups (broad SMARTS) is 2. The Morgan fingerprint density at radius 1 is 1.24 bits per heavy atom. The number of aromatic carboxylic acids is 2. The van der Waals surface area contributed by atoms with Gasteiger partial charge in [0.1, 0.15) is 0 Å². The Kier molecular flexibility index (Phi) is 4.09. The summed E-state index contributed by atoms with van der Waals surface area (Å²) in [6, 6.07) is 4.03. The number of carboxylic acids is 2. The van der Waals surface area contributed by atoms with Crippen molar-refractivity contribution < 1.29 is 19.8 Å². The lowest BCUT2D eigenvalue weighted by Gasteiger charge is -2.12. The molecule has 1 aromatic rings. The molecule has 0 aliphatic heterocycles. The van der Waals surface area contributed by atoms with E-state index in [1.54, 1.807) is 0 Å². The molecular formula is C12H15NO4. The zero-order valence-electron chi connectivity index (χ0n) is 9.73. The highest BCUT2D eigenvalue weighted by Gasteiger charge is 2.13. The summed E-state index contributed by atoms with van der Waals surface area (Å²) in [4.78, 5) is 21.7.